The maximum atomic E-state index is 11.9. The number of nitrogens with one attached hydrogen (secondary N) is 1. The number of unbranched alkanes of at least 4 members (excludes halogenated alkanes) is 8. The van der Waals surface area contributed by atoms with Gasteiger partial charge in [-0.1, -0.05) is 58.3 Å². The van der Waals surface area contributed by atoms with Crippen molar-refractivity contribution in [3.63, 3.8) is 0 Å². The zero-order chi connectivity index (χ0) is 21.9. The predicted molar refractivity (Wildman–Crippen MR) is 110 cm³/mol. The van der Waals surface area contributed by atoms with Crippen molar-refractivity contribution in [3.8, 4) is 0 Å². The minimum Gasteiger partial charge on any atom is -0.463 e. The smallest absolute Gasteiger partial charge is 0.330 e. The van der Waals surface area contributed by atoms with E-state index < -0.39 is 35.8 Å². The molecule has 9 heteroatoms. The molecule has 0 unspecified atom stereocenters. The largest absolute Gasteiger partial charge is 0.463 e. The van der Waals surface area contributed by atoms with Crippen LogP contribution in [0.15, 0.2) is 21.9 Å². The number of aliphatic hydroxyl groups excluding tert-OH is 2. The number of ether oxygens (including phenoxy) is 2. The average molecular weight is 427 g/mol. The van der Waals surface area contributed by atoms with Gasteiger partial charge in [-0.05, 0) is 6.42 Å². The van der Waals surface area contributed by atoms with Crippen molar-refractivity contribution < 1.29 is 24.5 Å². The zero-order valence-corrected chi connectivity index (χ0v) is 17.6. The fraction of sp³-hybridized carbons (Fsp3) is 0.762. The average Bonchev–Trinajstić information content (AvgIpc) is 2.99. The summed E-state index contributed by atoms with van der Waals surface area (Å²) in [5.74, 6) is -0.382. The summed E-state index contributed by atoms with van der Waals surface area (Å²) in [4.78, 5) is 37.0. The predicted octanol–water partition coefficient (Wildman–Crippen LogP) is 1.62. The van der Waals surface area contributed by atoms with Gasteiger partial charge in [0.25, 0.3) is 5.56 Å². The summed E-state index contributed by atoms with van der Waals surface area (Å²) >= 11 is 0. The molecule has 1 aliphatic heterocycles. The van der Waals surface area contributed by atoms with Crippen LogP contribution in [0.3, 0.4) is 0 Å². The number of rotatable bonds is 13. The fourth-order valence-corrected chi connectivity index (χ4v) is 3.55. The number of hydrogen-bond donors (Lipinski definition) is 3. The van der Waals surface area contributed by atoms with Gasteiger partial charge < -0.3 is 19.7 Å². The van der Waals surface area contributed by atoms with Crippen LogP contribution in [0.25, 0.3) is 0 Å². The molecule has 0 bridgehead atoms. The Morgan fingerprint density at radius 2 is 1.70 bits per heavy atom. The fourth-order valence-electron chi connectivity index (χ4n) is 3.55. The molecular formula is C21H34N2O7. The third kappa shape index (κ3) is 7.37. The summed E-state index contributed by atoms with van der Waals surface area (Å²) in [6.07, 6.45) is 6.98. The highest BCUT2D eigenvalue weighted by Crippen LogP contribution is 2.28. The highest BCUT2D eigenvalue weighted by Gasteiger charge is 2.44. The van der Waals surface area contributed by atoms with Gasteiger partial charge in [-0.3, -0.25) is 19.1 Å². The number of carbonyl (C=O) groups excluding carboxylic acids is 1. The molecule has 4 atom stereocenters. The summed E-state index contributed by atoms with van der Waals surface area (Å²) in [6.45, 7) is 1.98. The number of aromatic amines is 1. The second-order valence-corrected chi connectivity index (χ2v) is 7.83. The molecule has 1 aromatic heterocycles. The summed E-state index contributed by atoms with van der Waals surface area (Å²) in [7, 11) is 0. The van der Waals surface area contributed by atoms with Gasteiger partial charge in [0.05, 0.1) is 0 Å². The van der Waals surface area contributed by atoms with Crippen molar-refractivity contribution in [1.82, 2.24) is 9.55 Å². The van der Waals surface area contributed by atoms with Gasteiger partial charge in [0, 0.05) is 18.7 Å². The normalized spacial score (nSPS) is 23.6. The van der Waals surface area contributed by atoms with E-state index in [0.717, 1.165) is 29.9 Å². The molecule has 2 heterocycles. The number of hydrogen-bond acceptors (Lipinski definition) is 7. The van der Waals surface area contributed by atoms with Crippen molar-refractivity contribution >= 4 is 5.97 Å². The molecule has 0 aliphatic carbocycles. The molecule has 2 rings (SSSR count). The van der Waals surface area contributed by atoms with Gasteiger partial charge in [-0.25, -0.2) is 4.79 Å². The second-order valence-electron chi connectivity index (χ2n) is 7.83. The lowest BCUT2D eigenvalue weighted by molar-refractivity contribution is -0.150. The van der Waals surface area contributed by atoms with E-state index in [1.807, 2.05) is 0 Å². The molecule has 9 nitrogen and oxygen atoms in total. The van der Waals surface area contributed by atoms with E-state index in [4.69, 9.17) is 9.47 Å². The van der Waals surface area contributed by atoms with E-state index in [-0.39, 0.29) is 12.6 Å². The van der Waals surface area contributed by atoms with Crippen molar-refractivity contribution in [2.45, 2.75) is 95.7 Å². The van der Waals surface area contributed by atoms with Gasteiger partial charge in [-0.2, -0.15) is 0 Å². The number of H-pyrrole nitrogens is 1. The van der Waals surface area contributed by atoms with Crippen molar-refractivity contribution in [3.05, 3.63) is 33.1 Å². The summed E-state index contributed by atoms with van der Waals surface area (Å²) in [6, 6.07) is 1.11. The lowest BCUT2D eigenvalue weighted by Crippen LogP contribution is -2.37. The number of aliphatic hydroxyl groups is 2. The maximum Gasteiger partial charge on any atom is 0.330 e. The van der Waals surface area contributed by atoms with Crippen LogP contribution in [0.2, 0.25) is 0 Å². The van der Waals surface area contributed by atoms with Gasteiger partial charge in [0.1, 0.15) is 24.9 Å². The summed E-state index contributed by atoms with van der Waals surface area (Å²) in [5, 5.41) is 20.3. The Hall–Kier alpha value is -1.97. The van der Waals surface area contributed by atoms with Crippen LogP contribution in [0.1, 0.15) is 77.4 Å². The molecule has 0 aromatic carbocycles. The Kier molecular flexibility index (Phi) is 10.3. The molecule has 170 valence electrons. The Bertz CT molecular complexity index is 760. The van der Waals surface area contributed by atoms with Gasteiger partial charge >= 0.3 is 11.7 Å². The monoisotopic (exact) mass is 426 g/mol. The third-order valence-electron chi connectivity index (χ3n) is 5.36. The van der Waals surface area contributed by atoms with Crippen molar-refractivity contribution in [2.24, 2.45) is 0 Å². The van der Waals surface area contributed by atoms with E-state index in [0.29, 0.717) is 6.42 Å². The molecule has 30 heavy (non-hydrogen) atoms. The highest BCUT2D eigenvalue weighted by atomic mass is 16.6. The minimum atomic E-state index is -1.39. The van der Waals surface area contributed by atoms with Gasteiger partial charge in [0.2, 0.25) is 0 Å². The Labute approximate surface area is 176 Å². The van der Waals surface area contributed by atoms with Crippen LogP contribution in [0.5, 0.6) is 0 Å². The molecule has 1 fully saturated rings. The first-order chi connectivity index (χ1) is 14.4. The maximum absolute atomic E-state index is 11.9. The van der Waals surface area contributed by atoms with Crippen LogP contribution in [-0.4, -0.2) is 50.7 Å². The second kappa shape index (κ2) is 12.7. The molecule has 1 saturated heterocycles. The van der Waals surface area contributed by atoms with E-state index in [1.54, 1.807) is 0 Å². The topological polar surface area (TPSA) is 131 Å². The Balaban J connectivity index is 1.66. The number of carbonyl (C=O) groups is 1. The van der Waals surface area contributed by atoms with Crippen LogP contribution in [0, 0.1) is 0 Å². The lowest BCUT2D eigenvalue weighted by atomic mass is 10.1. The summed E-state index contributed by atoms with van der Waals surface area (Å²) < 4.78 is 11.7. The number of esters is 1. The Morgan fingerprint density at radius 1 is 1.07 bits per heavy atom. The standard InChI is InChI=1S/C21H34N2O7/c1-2-3-4-5-6-7-8-9-10-11-17(25)29-14-15-18(26)19(27)20(30-15)23-13-12-16(24)22-21(23)28/h12-13,15,18-20,26-27H,2-11,14H2,1H3,(H,22,24,28)/t15-,18-,19+,20-/m1/s1. The summed E-state index contributed by atoms with van der Waals surface area (Å²) in [5.41, 5.74) is -1.34. The third-order valence-corrected chi connectivity index (χ3v) is 5.36. The molecule has 1 aliphatic rings. The molecular weight excluding hydrogens is 392 g/mol. The quantitative estimate of drug-likeness (QED) is 0.323. The number of aromatic nitrogens is 2. The van der Waals surface area contributed by atoms with E-state index >= 15 is 0 Å². The SMILES string of the molecule is CCCCCCCCCCCC(=O)OC[C@H]1O[C@@H](n2ccc(=O)[nH]c2=O)[C@@H](O)[C@@H]1O. The number of nitrogens with zero attached hydrogens (tertiary/aromatic N) is 1. The molecule has 3 N–H and O–H groups in total. The van der Waals surface area contributed by atoms with Gasteiger partial charge in [-0.15, -0.1) is 0 Å². The van der Waals surface area contributed by atoms with Crippen molar-refractivity contribution in [2.75, 3.05) is 6.61 Å². The van der Waals surface area contributed by atoms with Crippen molar-refractivity contribution in [1.29, 1.82) is 0 Å². The van der Waals surface area contributed by atoms with Crippen LogP contribution >= 0.6 is 0 Å². The molecule has 0 saturated carbocycles. The first-order valence-electron chi connectivity index (χ1n) is 10.9. The Morgan fingerprint density at radius 3 is 2.33 bits per heavy atom. The van der Waals surface area contributed by atoms with Crippen LogP contribution in [-0.2, 0) is 14.3 Å². The van der Waals surface area contributed by atoms with Crippen LogP contribution < -0.4 is 11.2 Å². The lowest BCUT2D eigenvalue weighted by Gasteiger charge is -2.16. The zero-order valence-electron chi connectivity index (χ0n) is 17.6. The molecule has 0 spiro atoms. The van der Waals surface area contributed by atoms with E-state index in [1.165, 1.54) is 44.7 Å². The molecule has 0 amide bonds. The van der Waals surface area contributed by atoms with Crippen LogP contribution in [0.4, 0.5) is 0 Å². The highest BCUT2D eigenvalue weighted by molar-refractivity contribution is 5.69. The molecule has 0 radical (unpaired) electrons. The first kappa shape index (κ1) is 24.3. The van der Waals surface area contributed by atoms with E-state index in [9.17, 15) is 24.6 Å². The molecule has 1 aromatic rings. The first-order valence-corrected chi connectivity index (χ1v) is 10.9. The van der Waals surface area contributed by atoms with Gasteiger partial charge in [0.15, 0.2) is 6.23 Å². The van der Waals surface area contributed by atoms with E-state index in [2.05, 4.69) is 11.9 Å². The minimum absolute atomic E-state index is 0.219.